The quantitative estimate of drug-likeness (QED) is 0.938. The maximum Gasteiger partial charge on any atom is 0.257 e. The first-order chi connectivity index (χ1) is 9.38. The van der Waals surface area contributed by atoms with Crippen LogP contribution in [0.25, 0.3) is 0 Å². The van der Waals surface area contributed by atoms with Crippen molar-refractivity contribution in [1.82, 2.24) is 4.98 Å². The fourth-order valence-corrected chi connectivity index (χ4v) is 2.34. The second-order valence-electron chi connectivity index (χ2n) is 4.42. The summed E-state index contributed by atoms with van der Waals surface area (Å²) in [6.07, 6.45) is 2.67. The molecule has 0 fully saturated rings. The second-order valence-corrected chi connectivity index (χ2v) is 6.43. The van der Waals surface area contributed by atoms with Gasteiger partial charge in [-0.1, -0.05) is 12.1 Å². The molecule has 2 aromatic rings. The average molecular weight is 290 g/mol. The molecule has 20 heavy (non-hydrogen) atoms. The molecular formula is C14H14N2O3S. The van der Waals surface area contributed by atoms with Crippen molar-refractivity contribution < 1.29 is 13.2 Å². The third-order valence-electron chi connectivity index (χ3n) is 2.79. The number of nitrogens with one attached hydrogen (secondary N) is 1. The molecular weight excluding hydrogens is 276 g/mol. The molecule has 6 heteroatoms. The number of amides is 1. The minimum absolute atomic E-state index is 0.120. The lowest BCUT2D eigenvalue weighted by atomic mass is 10.1. The van der Waals surface area contributed by atoms with Gasteiger partial charge in [-0.05, 0) is 36.8 Å². The summed E-state index contributed by atoms with van der Waals surface area (Å²) in [5, 5.41) is 2.63. The average Bonchev–Trinajstić information content (AvgIpc) is 2.39. The monoisotopic (exact) mass is 290 g/mol. The molecule has 5 nitrogen and oxygen atoms in total. The summed E-state index contributed by atoms with van der Waals surface area (Å²) >= 11 is 0. The number of nitrogens with zero attached hydrogens (tertiary/aromatic N) is 1. The maximum absolute atomic E-state index is 12.2. The number of carbonyl (C=O) groups is 1. The lowest BCUT2D eigenvalue weighted by Crippen LogP contribution is -2.15. The van der Waals surface area contributed by atoms with Crippen molar-refractivity contribution in [3.8, 4) is 0 Å². The Bertz CT molecular complexity index is 740. The van der Waals surface area contributed by atoms with Gasteiger partial charge in [0.15, 0.2) is 9.84 Å². The molecule has 1 aromatic heterocycles. The van der Waals surface area contributed by atoms with Crippen molar-refractivity contribution in [3.63, 3.8) is 0 Å². The van der Waals surface area contributed by atoms with E-state index in [0.29, 0.717) is 16.9 Å². The van der Waals surface area contributed by atoms with E-state index in [9.17, 15) is 13.2 Å². The van der Waals surface area contributed by atoms with Crippen LogP contribution in [0, 0.1) is 6.92 Å². The largest absolute Gasteiger partial charge is 0.307 e. The Morgan fingerprint density at radius 3 is 2.55 bits per heavy atom. The topological polar surface area (TPSA) is 76.1 Å². The van der Waals surface area contributed by atoms with E-state index < -0.39 is 9.84 Å². The number of hydrogen-bond donors (Lipinski definition) is 1. The van der Waals surface area contributed by atoms with E-state index in [-0.39, 0.29) is 10.8 Å². The molecule has 0 bridgehead atoms. The highest BCUT2D eigenvalue weighted by Crippen LogP contribution is 2.17. The molecule has 0 aliphatic heterocycles. The van der Waals surface area contributed by atoms with E-state index >= 15 is 0 Å². The van der Waals surface area contributed by atoms with Crippen LogP contribution >= 0.6 is 0 Å². The Hall–Kier alpha value is -2.21. The Balaban J connectivity index is 2.35. The molecule has 1 amide bonds. The van der Waals surface area contributed by atoms with Crippen molar-refractivity contribution in [2.24, 2.45) is 0 Å². The van der Waals surface area contributed by atoms with Crippen molar-refractivity contribution in [2.45, 2.75) is 11.8 Å². The number of hydrogen-bond acceptors (Lipinski definition) is 4. The van der Waals surface area contributed by atoms with Crippen LogP contribution in [0.2, 0.25) is 0 Å². The Morgan fingerprint density at radius 2 is 1.95 bits per heavy atom. The molecule has 1 aromatic carbocycles. The van der Waals surface area contributed by atoms with E-state index in [1.807, 2.05) is 0 Å². The first-order valence-corrected chi connectivity index (χ1v) is 7.80. The number of sulfone groups is 1. The standard InChI is InChI=1S/C14H14N2O3S/c1-10-6-7-11(20(2,18)19)9-12(10)14(17)16-13-5-3-4-8-15-13/h3-9H,1-2H3,(H,15,16,17). The molecule has 0 saturated heterocycles. The summed E-state index contributed by atoms with van der Waals surface area (Å²) < 4.78 is 23.1. The summed E-state index contributed by atoms with van der Waals surface area (Å²) in [7, 11) is -3.34. The van der Waals surface area contributed by atoms with Crippen LogP contribution in [-0.2, 0) is 9.84 Å². The van der Waals surface area contributed by atoms with Crippen molar-refractivity contribution in [2.75, 3.05) is 11.6 Å². The highest BCUT2D eigenvalue weighted by atomic mass is 32.2. The van der Waals surface area contributed by atoms with Crippen molar-refractivity contribution in [1.29, 1.82) is 0 Å². The van der Waals surface area contributed by atoms with Crippen LogP contribution in [-0.4, -0.2) is 25.6 Å². The van der Waals surface area contributed by atoms with Gasteiger partial charge in [0.1, 0.15) is 5.82 Å². The zero-order valence-corrected chi connectivity index (χ0v) is 11.9. The minimum Gasteiger partial charge on any atom is -0.307 e. The molecule has 2 rings (SSSR count). The van der Waals surface area contributed by atoms with E-state index in [4.69, 9.17) is 0 Å². The number of benzene rings is 1. The van der Waals surface area contributed by atoms with E-state index in [1.54, 1.807) is 37.4 Å². The first-order valence-electron chi connectivity index (χ1n) is 5.91. The Kier molecular flexibility index (Phi) is 3.85. The van der Waals surface area contributed by atoms with Gasteiger partial charge in [-0.15, -0.1) is 0 Å². The fraction of sp³-hybridized carbons (Fsp3) is 0.143. The first kappa shape index (κ1) is 14.2. The summed E-state index contributed by atoms with van der Waals surface area (Å²) in [6, 6.07) is 9.64. The number of carbonyl (C=O) groups excluding carboxylic acids is 1. The number of aryl methyl sites for hydroxylation is 1. The molecule has 104 valence electrons. The predicted octanol–water partition coefficient (Wildman–Crippen LogP) is 2.05. The van der Waals surface area contributed by atoms with Gasteiger partial charge in [0, 0.05) is 18.0 Å². The summed E-state index contributed by atoms with van der Waals surface area (Å²) in [6.45, 7) is 1.75. The number of pyridine rings is 1. The van der Waals surface area contributed by atoms with E-state index in [1.165, 1.54) is 12.1 Å². The second kappa shape index (κ2) is 5.42. The summed E-state index contributed by atoms with van der Waals surface area (Å²) in [5.41, 5.74) is 1.02. The van der Waals surface area contributed by atoms with Gasteiger partial charge in [-0.2, -0.15) is 0 Å². The van der Waals surface area contributed by atoms with Gasteiger partial charge in [0.2, 0.25) is 0 Å². The van der Waals surface area contributed by atoms with Crippen LogP contribution < -0.4 is 5.32 Å². The molecule has 0 atom stereocenters. The van der Waals surface area contributed by atoms with E-state index in [0.717, 1.165) is 6.26 Å². The molecule has 0 spiro atoms. The third kappa shape index (κ3) is 3.21. The molecule has 1 N–H and O–H groups in total. The SMILES string of the molecule is Cc1ccc(S(C)(=O)=O)cc1C(=O)Nc1ccccn1. The highest BCUT2D eigenvalue weighted by Gasteiger charge is 2.14. The lowest BCUT2D eigenvalue weighted by molar-refractivity contribution is 0.102. The molecule has 0 radical (unpaired) electrons. The molecule has 0 saturated carbocycles. The Morgan fingerprint density at radius 1 is 1.20 bits per heavy atom. The van der Waals surface area contributed by atoms with Gasteiger partial charge < -0.3 is 5.32 Å². The number of anilines is 1. The smallest absolute Gasteiger partial charge is 0.257 e. The molecule has 0 unspecified atom stereocenters. The van der Waals surface area contributed by atoms with Gasteiger partial charge in [-0.25, -0.2) is 13.4 Å². The van der Waals surface area contributed by atoms with Gasteiger partial charge in [0.05, 0.1) is 4.90 Å². The Labute approximate surface area is 117 Å². The third-order valence-corrected chi connectivity index (χ3v) is 3.90. The van der Waals surface area contributed by atoms with Crippen LogP contribution in [0.1, 0.15) is 15.9 Å². The summed E-state index contributed by atoms with van der Waals surface area (Å²) in [4.78, 5) is 16.3. The van der Waals surface area contributed by atoms with Crippen molar-refractivity contribution >= 4 is 21.6 Å². The number of rotatable bonds is 3. The van der Waals surface area contributed by atoms with Crippen LogP contribution in [0.5, 0.6) is 0 Å². The fourth-order valence-electron chi connectivity index (χ4n) is 1.70. The zero-order chi connectivity index (χ0) is 14.8. The molecule has 0 aliphatic carbocycles. The van der Waals surface area contributed by atoms with E-state index in [2.05, 4.69) is 10.3 Å². The van der Waals surface area contributed by atoms with Crippen molar-refractivity contribution in [3.05, 3.63) is 53.7 Å². The van der Waals surface area contributed by atoms with Crippen LogP contribution in [0.15, 0.2) is 47.5 Å². The summed E-state index contributed by atoms with van der Waals surface area (Å²) in [5.74, 6) is 0.0355. The van der Waals surface area contributed by atoms with Gasteiger partial charge in [0.25, 0.3) is 5.91 Å². The normalized spacial score (nSPS) is 11.1. The zero-order valence-electron chi connectivity index (χ0n) is 11.1. The van der Waals surface area contributed by atoms with Gasteiger partial charge >= 0.3 is 0 Å². The van der Waals surface area contributed by atoms with Crippen LogP contribution in [0.3, 0.4) is 0 Å². The van der Waals surface area contributed by atoms with Gasteiger partial charge in [-0.3, -0.25) is 4.79 Å². The highest BCUT2D eigenvalue weighted by molar-refractivity contribution is 7.90. The lowest BCUT2D eigenvalue weighted by Gasteiger charge is -2.08. The molecule has 1 heterocycles. The minimum atomic E-state index is -3.34. The number of aromatic nitrogens is 1. The molecule has 0 aliphatic rings. The maximum atomic E-state index is 12.2. The predicted molar refractivity (Wildman–Crippen MR) is 76.5 cm³/mol. The van der Waals surface area contributed by atoms with Crippen LogP contribution in [0.4, 0.5) is 5.82 Å².